The summed E-state index contributed by atoms with van der Waals surface area (Å²) in [7, 11) is 3.73. The van der Waals surface area contributed by atoms with Crippen molar-refractivity contribution in [1.29, 1.82) is 0 Å². The van der Waals surface area contributed by atoms with Crippen LogP contribution in [0.5, 0.6) is 0 Å². The van der Waals surface area contributed by atoms with Crippen molar-refractivity contribution in [1.82, 2.24) is 123 Å². The number of pyridine rings is 6. The molecule has 24 aromatic rings. The van der Waals surface area contributed by atoms with Crippen LogP contribution in [0.25, 0.3) is 155 Å². The lowest BCUT2D eigenvalue weighted by atomic mass is 9.98. The predicted molar refractivity (Wildman–Crippen MR) is 569 cm³/mol. The Kier molecular flexibility index (Phi) is 24.6. The number of imidazole rings is 3. The first-order valence-corrected chi connectivity index (χ1v) is 46.6. The minimum absolute atomic E-state index is 0.0764. The topological polar surface area (TPSA) is 481 Å². The predicted octanol–water partition coefficient (Wildman–Crippen LogP) is 18.2. The lowest BCUT2D eigenvalue weighted by Gasteiger charge is -2.22. The van der Waals surface area contributed by atoms with Gasteiger partial charge in [-0.25, -0.2) is 24.9 Å². The maximum atomic E-state index is 14.2. The molecule has 0 fully saturated rings. The Labute approximate surface area is 825 Å². The van der Waals surface area contributed by atoms with Crippen LogP contribution in [-0.4, -0.2) is 123 Å². The van der Waals surface area contributed by atoms with E-state index in [-0.39, 0.29) is 64.2 Å². The third kappa shape index (κ3) is 18.0. The van der Waals surface area contributed by atoms with E-state index in [1.807, 2.05) is 317 Å². The number of fused-ring (bicyclic) bond motifs is 8. The van der Waals surface area contributed by atoms with Crippen LogP contribution in [0.3, 0.4) is 0 Å². The lowest BCUT2D eigenvalue weighted by molar-refractivity contribution is 0.768. The minimum Gasteiger partial charge on any atom is -0.368 e. The second kappa shape index (κ2) is 38.9. The Morgan fingerprint density at radius 3 is 0.993 bits per heavy atom. The van der Waals surface area contributed by atoms with E-state index in [1.165, 1.54) is 6.33 Å². The highest BCUT2D eigenvalue weighted by Gasteiger charge is 2.28. The number of hydrogen-bond acceptors (Lipinski definition) is 26. The van der Waals surface area contributed by atoms with E-state index in [1.54, 1.807) is 71.4 Å². The molecule has 0 radical (unpaired) electrons. The van der Waals surface area contributed by atoms with Crippen molar-refractivity contribution >= 4 is 129 Å². The van der Waals surface area contributed by atoms with Crippen molar-refractivity contribution in [3.05, 3.63) is 393 Å². The Hall–Kier alpha value is -19.8. The molecule has 24 rings (SSSR count). The van der Waals surface area contributed by atoms with Gasteiger partial charge < -0.3 is 58.4 Å². The van der Waals surface area contributed by atoms with E-state index in [0.29, 0.717) is 72.5 Å². The zero-order valence-electron chi connectivity index (χ0n) is 79.6. The Morgan fingerprint density at radius 1 is 0.324 bits per heavy atom. The molecule has 0 spiro atoms. The number of aromatic nitrogens is 25. The first-order chi connectivity index (χ1) is 70.6. The maximum absolute atomic E-state index is 14.2. The van der Waals surface area contributed by atoms with Crippen molar-refractivity contribution < 1.29 is 0 Å². The van der Waals surface area contributed by atoms with Crippen LogP contribution in [0.15, 0.2) is 337 Å². The molecule has 145 heavy (non-hydrogen) atoms. The molecule has 14 N–H and O–H groups in total. The van der Waals surface area contributed by atoms with Gasteiger partial charge in [-0.1, -0.05) is 158 Å². The van der Waals surface area contributed by atoms with Crippen LogP contribution in [0.2, 0.25) is 0 Å². The summed E-state index contributed by atoms with van der Waals surface area (Å²) in [5, 5.41) is 29.3. The van der Waals surface area contributed by atoms with Crippen LogP contribution < -0.4 is 60.7 Å². The Balaban J connectivity index is 0.000000114. The van der Waals surface area contributed by atoms with Gasteiger partial charge in [-0.05, 0) is 176 Å². The van der Waals surface area contributed by atoms with Gasteiger partial charge >= 0.3 is 0 Å². The van der Waals surface area contributed by atoms with Gasteiger partial charge in [0.15, 0.2) is 34.4 Å². The SMILES string of the molecule is C[C@H](Nc1nc(N)nc2nc[nH]c12)c1cc2cccc(-c3cccnc3)c2c(=O)n1-c1ccccc1.C[C@H](Nc1nc(N)nc2nc[nH]c12)c1cc2cccc(-c3cnn(C)c3)c2c(=O)n1-c1ccccc1.Cc1c[nH]c2ncnc(N[C@@H](C)c3cc4cccc(-c5cnn(C)c5)c4c(=O)n3-c3ccccc3)c12.Cc1ccc(-c2cccc3cc([C@H](C)Nc4nc(N)nc5nc[nH]c45)n(-c4ccccc4)c(=O)c23)cn1. The van der Waals surface area contributed by atoms with Crippen molar-refractivity contribution in [3.8, 4) is 67.3 Å². The molecule has 0 unspecified atom stereocenters. The van der Waals surface area contributed by atoms with E-state index in [9.17, 15) is 19.2 Å². The summed E-state index contributed by atoms with van der Waals surface area (Å²) in [5.74, 6) is 2.61. The van der Waals surface area contributed by atoms with Crippen LogP contribution >= 0.6 is 0 Å². The Morgan fingerprint density at radius 2 is 0.669 bits per heavy atom. The van der Waals surface area contributed by atoms with Crippen LogP contribution in [0, 0.1) is 13.8 Å². The molecule has 36 heteroatoms. The molecule has 0 bridgehead atoms. The standard InChI is InChI=1S/C28H24N8O.C28H25N7O.C27H22N8O.C26H23N9O/c1-16-11-12-19(14-30-16)21-10-6-7-18-13-22(36(27(37)23(18)21)20-8-4-3-5-9-20)17(2)33-26-24-25(32-15-31-24)34-28(29)35-26;1-17-13-29-26-24(17)27(31-16-30-26)33-18(2)23-12-19-8-7-11-22(20-14-32-34(3)15-20)25(19)28(36)35(23)21-9-5-4-6-10-21;1-16(32-25-23-24(31-15-30-23)33-27(28)34-25)21-13-17-7-5-11-20(18-8-6-12-29-14-18)22(17)26(36)35(21)19-9-3-2-4-10-19;1-15(31-24-22-23(29-14-28-22)32-26(27)33-24)20-11-16-7-6-10-19(17-12-30-34(2)13-17)21(16)25(36)35(20)18-8-4-3-5-9-18/h3-15,17H,1-2H3,(H4,29,31,32,33,34,35);4-16,18H,1-3H3,(H2,29,30,31,33);2-16H,1H3,(H4,28,30,31,32,33,34);3-15H,1-2H3,(H4,27,28,29,31,32,33)/t17-;18-;16-;15-/m0000/s1. The lowest BCUT2D eigenvalue weighted by Crippen LogP contribution is -2.26. The summed E-state index contributed by atoms with van der Waals surface area (Å²) in [5.41, 5.74) is 36.6. The summed E-state index contributed by atoms with van der Waals surface area (Å²) in [4.78, 5) is 125. The van der Waals surface area contributed by atoms with Crippen molar-refractivity contribution in [2.75, 3.05) is 38.5 Å². The fraction of sp³-hybridized carbons (Fsp3) is 0.110. The average Bonchev–Trinajstić information content (AvgIpc) is 1.28. The van der Waals surface area contributed by atoms with E-state index in [4.69, 9.17) is 17.2 Å². The first kappa shape index (κ1) is 91.6. The van der Waals surface area contributed by atoms with Crippen molar-refractivity contribution in [3.63, 3.8) is 0 Å². The van der Waals surface area contributed by atoms with Gasteiger partial charge in [0, 0.05) is 125 Å². The number of nitrogen functional groups attached to an aromatic ring is 3. The largest absolute Gasteiger partial charge is 0.368 e. The molecule has 36 nitrogen and oxygen atoms in total. The number of para-hydroxylation sites is 4. The molecule has 714 valence electrons. The molecule has 16 heterocycles. The number of nitrogens with two attached hydrogens (primary N) is 3. The van der Waals surface area contributed by atoms with Crippen LogP contribution in [0.4, 0.5) is 41.1 Å². The summed E-state index contributed by atoms with van der Waals surface area (Å²) in [6, 6.07) is 77.0. The second-order valence-corrected chi connectivity index (χ2v) is 35.0. The number of aryl methyl sites for hydroxylation is 4. The summed E-state index contributed by atoms with van der Waals surface area (Å²) in [6.07, 6.45) is 20.8. The van der Waals surface area contributed by atoms with E-state index in [2.05, 4.69) is 122 Å². The Bertz CT molecular complexity index is 9070. The number of benzene rings is 8. The monoisotopic (exact) mass is 1910 g/mol. The number of aromatic amines is 4. The molecule has 4 atom stereocenters. The summed E-state index contributed by atoms with van der Waals surface area (Å²) >= 11 is 0. The molecule has 8 aromatic carbocycles. The minimum atomic E-state index is -0.317. The number of anilines is 7. The van der Waals surface area contributed by atoms with Gasteiger partial charge in [-0.2, -0.15) is 40.1 Å². The molecule has 0 amide bonds. The zero-order valence-corrected chi connectivity index (χ0v) is 79.6. The summed E-state index contributed by atoms with van der Waals surface area (Å²) < 4.78 is 10.5. The normalized spacial score (nSPS) is 12.2. The van der Waals surface area contributed by atoms with Crippen molar-refractivity contribution in [2.24, 2.45) is 14.1 Å². The van der Waals surface area contributed by atoms with E-state index >= 15 is 0 Å². The second-order valence-electron chi connectivity index (χ2n) is 35.0. The fourth-order valence-corrected chi connectivity index (χ4v) is 18.6. The number of nitrogens with zero attached hydrogens (tertiary/aromatic N) is 21. The number of H-pyrrole nitrogens is 4. The van der Waals surface area contributed by atoms with E-state index < -0.39 is 0 Å². The fourth-order valence-electron chi connectivity index (χ4n) is 18.6. The number of nitrogens with one attached hydrogen (secondary N) is 8. The number of rotatable bonds is 20. The molecule has 0 aliphatic carbocycles. The highest BCUT2D eigenvalue weighted by atomic mass is 16.1. The highest BCUT2D eigenvalue weighted by molar-refractivity contribution is 6.01. The smallest absolute Gasteiger partial charge is 0.263 e. The van der Waals surface area contributed by atoms with Gasteiger partial charge in [-0.15, -0.1) is 0 Å². The molecule has 0 aliphatic rings. The van der Waals surface area contributed by atoms with Gasteiger partial charge in [-0.3, -0.25) is 56.8 Å². The summed E-state index contributed by atoms with van der Waals surface area (Å²) in [6.45, 7) is 11.9. The van der Waals surface area contributed by atoms with Gasteiger partial charge in [0.1, 0.15) is 34.3 Å². The van der Waals surface area contributed by atoms with Gasteiger partial charge in [0.2, 0.25) is 17.8 Å². The highest BCUT2D eigenvalue weighted by Crippen LogP contribution is 2.39. The molecule has 16 aromatic heterocycles. The van der Waals surface area contributed by atoms with Gasteiger partial charge in [0.25, 0.3) is 22.2 Å². The van der Waals surface area contributed by atoms with Crippen molar-refractivity contribution in [2.45, 2.75) is 65.7 Å². The maximum Gasteiger partial charge on any atom is 0.263 e. The van der Waals surface area contributed by atoms with E-state index in [0.717, 1.165) is 140 Å². The third-order valence-corrected chi connectivity index (χ3v) is 25.3. The first-order valence-electron chi connectivity index (χ1n) is 46.6. The molecular weight excluding hydrogens is 1820 g/mol. The van der Waals surface area contributed by atoms with Gasteiger partial charge in [0.05, 0.1) is 82.5 Å². The number of hydrogen-bond donors (Lipinski definition) is 11. The van der Waals surface area contributed by atoms with Crippen LogP contribution in [-0.2, 0) is 14.1 Å². The molecule has 0 saturated carbocycles. The quantitative estimate of drug-likeness (QED) is 0.0337. The third-order valence-electron chi connectivity index (χ3n) is 25.3. The average molecular weight is 1920 g/mol. The van der Waals surface area contributed by atoms with Crippen LogP contribution in [0.1, 0.15) is 85.9 Å². The molecular formula is C109H94N32O4. The molecule has 0 saturated heterocycles. The zero-order chi connectivity index (χ0) is 99.8. The molecule has 0 aliphatic heterocycles.